The lowest BCUT2D eigenvalue weighted by molar-refractivity contribution is -0.127. The lowest BCUT2D eigenvalue weighted by atomic mass is 9.60. The molecule has 0 radical (unpaired) electrons. The normalized spacial score (nSPS) is 23.6. The maximum absolute atomic E-state index is 13.9. The predicted octanol–water partition coefficient (Wildman–Crippen LogP) is 5.77. The van der Waals surface area contributed by atoms with Gasteiger partial charge in [0.25, 0.3) is 0 Å². The summed E-state index contributed by atoms with van der Waals surface area (Å²) in [7, 11) is 0. The number of allylic oxidation sites excluding steroid dienone is 3. The van der Waals surface area contributed by atoms with E-state index in [2.05, 4.69) is 6.58 Å². The molecule has 1 N–H and O–H groups in total. The van der Waals surface area contributed by atoms with Crippen molar-refractivity contribution in [3.05, 3.63) is 114 Å². The van der Waals surface area contributed by atoms with Gasteiger partial charge in [-0.2, -0.15) is 0 Å². The fourth-order valence-corrected chi connectivity index (χ4v) is 5.41. The van der Waals surface area contributed by atoms with Crippen LogP contribution in [0.4, 0.5) is 5.69 Å². The van der Waals surface area contributed by atoms with Crippen molar-refractivity contribution in [2.45, 2.75) is 25.9 Å². The smallest absolute Gasteiger partial charge is 0.241 e. The van der Waals surface area contributed by atoms with Crippen LogP contribution in [0, 0.1) is 11.3 Å². The van der Waals surface area contributed by atoms with Crippen molar-refractivity contribution in [3.8, 4) is 11.5 Å². The van der Waals surface area contributed by atoms with E-state index in [1.165, 1.54) is 4.90 Å². The van der Waals surface area contributed by atoms with Crippen molar-refractivity contribution >= 4 is 17.5 Å². The number of hydrogen-bond acceptors (Lipinski definition) is 4. The summed E-state index contributed by atoms with van der Waals surface area (Å²) < 4.78 is 5.87. The van der Waals surface area contributed by atoms with Crippen LogP contribution in [0.2, 0.25) is 0 Å². The lowest BCUT2D eigenvalue weighted by Gasteiger charge is -2.40. The largest absolute Gasteiger partial charge is 0.508 e. The topological polar surface area (TPSA) is 66.8 Å². The molecule has 1 fully saturated rings. The van der Waals surface area contributed by atoms with Gasteiger partial charge in [-0.1, -0.05) is 73.3 Å². The number of hydrogen-bond donors (Lipinski definition) is 1. The number of amides is 2. The minimum absolute atomic E-state index is 0.0218. The number of phenolic OH excluding ortho intramolecular Hbond substituents is 1. The molecule has 0 unspecified atom stereocenters. The zero-order valence-corrected chi connectivity index (χ0v) is 19.6. The molecule has 0 aromatic heterocycles. The summed E-state index contributed by atoms with van der Waals surface area (Å²) in [5.74, 6) is -0.982. The van der Waals surface area contributed by atoms with E-state index in [0.717, 1.165) is 11.1 Å². The van der Waals surface area contributed by atoms with Crippen molar-refractivity contribution < 1.29 is 19.4 Å². The molecule has 5 nitrogen and oxygen atoms in total. The van der Waals surface area contributed by atoms with Crippen molar-refractivity contribution in [1.82, 2.24) is 0 Å². The molecule has 0 bridgehead atoms. The number of para-hydroxylation sites is 1. The Morgan fingerprint density at radius 3 is 2.40 bits per heavy atom. The molecule has 0 spiro atoms. The molecule has 3 atom stereocenters. The molecule has 1 aliphatic heterocycles. The number of imide groups is 1. The summed E-state index contributed by atoms with van der Waals surface area (Å²) in [6.07, 6.45) is 4.12. The van der Waals surface area contributed by atoms with Crippen LogP contribution in [-0.2, 0) is 16.2 Å². The maximum Gasteiger partial charge on any atom is 0.241 e. The molecule has 5 heteroatoms. The number of rotatable bonds is 6. The Hall–Kier alpha value is -4.12. The molecule has 1 aliphatic carbocycles. The van der Waals surface area contributed by atoms with Crippen LogP contribution < -0.4 is 9.64 Å². The van der Waals surface area contributed by atoms with Crippen LogP contribution in [0.5, 0.6) is 11.5 Å². The van der Waals surface area contributed by atoms with E-state index in [9.17, 15) is 14.7 Å². The van der Waals surface area contributed by atoms with Crippen LogP contribution in [0.1, 0.15) is 30.4 Å². The Morgan fingerprint density at radius 1 is 1.06 bits per heavy atom. The van der Waals surface area contributed by atoms with Gasteiger partial charge in [0.1, 0.15) is 18.1 Å². The first kappa shape index (κ1) is 22.7. The minimum Gasteiger partial charge on any atom is -0.508 e. The van der Waals surface area contributed by atoms with Gasteiger partial charge in [-0.25, -0.2) is 4.90 Å². The second-order valence-electron chi connectivity index (χ2n) is 9.22. The average molecular weight is 466 g/mol. The SMILES string of the molecule is C=CC1=CC[C@H]2C(=O)N(c3ccccc3)C(=O)[C@@]2(C)[C@H]1c1ccc(OCc2ccccc2)cc1O. The predicted molar refractivity (Wildman–Crippen MR) is 135 cm³/mol. The molecule has 176 valence electrons. The molecular formula is C30H27NO4. The number of benzene rings is 3. The van der Waals surface area contributed by atoms with Gasteiger partial charge in [-0.3, -0.25) is 9.59 Å². The van der Waals surface area contributed by atoms with Crippen molar-refractivity contribution in [2.24, 2.45) is 11.3 Å². The van der Waals surface area contributed by atoms with E-state index >= 15 is 0 Å². The fraction of sp³-hybridized carbons (Fsp3) is 0.200. The summed E-state index contributed by atoms with van der Waals surface area (Å²) >= 11 is 0. The van der Waals surface area contributed by atoms with Gasteiger partial charge in [0.05, 0.1) is 17.0 Å². The summed E-state index contributed by atoms with van der Waals surface area (Å²) in [6.45, 7) is 6.16. The number of aromatic hydroxyl groups is 1. The van der Waals surface area contributed by atoms with Crippen LogP contribution >= 0.6 is 0 Å². The Morgan fingerprint density at radius 2 is 1.74 bits per heavy atom. The van der Waals surface area contributed by atoms with Crippen molar-refractivity contribution in [1.29, 1.82) is 0 Å². The van der Waals surface area contributed by atoms with Gasteiger partial charge >= 0.3 is 0 Å². The first-order chi connectivity index (χ1) is 16.9. The summed E-state index contributed by atoms with van der Waals surface area (Å²) in [4.78, 5) is 28.6. The molecule has 5 rings (SSSR count). The van der Waals surface area contributed by atoms with Gasteiger partial charge < -0.3 is 9.84 Å². The van der Waals surface area contributed by atoms with Gasteiger partial charge in [0.15, 0.2) is 0 Å². The molecule has 1 heterocycles. The second kappa shape index (κ2) is 8.91. The summed E-state index contributed by atoms with van der Waals surface area (Å²) in [5.41, 5.74) is 1.92. The number of carbonyl (C=O) groups excluding carboxylic acids is 2. The van der Waals surface area contributed by atoms with E-state index in [0.29, 0.717) is 30.0 Å². The van der Waals surface area contributed by atoms with Gasteiger partial charge in [0, 0.05) is 17.5 Å². The van der Waals surface area contributed by atoms with E-state index in [4.69, 9.17) is 4.74 Å². The molecule has 1 saturated heterocycles. The first-order valence-corrected chi connectivity index (χ1v) is 11.7. The Bertz CT molecular complexity index is 1310. The highest BCUT2D eigenvalue weighted by molar-refractivity contribution is 6.24. The molecule has 3 aromatic rings. The fourth-order valence-electron chi connectivity index (χ4n) is 5.41. The maximum atomic E-state index is 13.9. The highest BCUT2D eigenvalue weighted by atomic mass is 16.5. The number of fused-ring (bicyclic) bond motifs is 1. The van der Waals surface area contributed by atoms with Crippen LogP contribution in [-0.4, -0.2) is 16.9 Å². The number of anilines is 1. The number of ether oxygens (including phenoxy) is 1. The molecular weight excluding hydrogens is 438 g/mol. The molecule has 3 aromatic carbocycles. The standard InChI is InChI=1S/C30H27NO4/c1-3-21-14-17-25-28(33)31(22-12-8-5-9-13-22)29(34)30(25,2)27(21)24-16-15-23(18-26(24)32)35-19-20-10-6-4-7-11-20/h3-16,18,25,27,32H,1,17,19H2,2H3/t25-,27+,30+/m0/s1. The van der Waals surface area contributed by atoms with Crippen LogP contribution in [0.3, 0.4) is 0 Å². The number of phenols is 1. The third-order valence-electron chi connectivity index (χ3n) is 7.24. The number of nitrogens with zero attached hydrogens (tertiary/aromatic N) is 1. The Balaban J connectivity index is 1.51. The van der Waals surface area contributed by atoms with Gasteiger partial charge in [-0.15, -0.1) is 0 Å². The zero-order valence-electron chi connectivity index (χ0n) is 19.6. The lowest BCUT2D eigenvalue weighted by Crippen LogP contribution is -2.41. The molecule has 2 amide bonds. The number of carbonyl (C=O) groups is 2. The van der Waals surface area contributed by atoms with E-state index in [-0.39, 0.29) is 17.6 Å². The van der Waals surface area contributed by atoms with Crippen LogP contribution in [0.25, 0.3) is 0 Å². The zero-order chi connectivity index (χ0) is 24.6. The molecule has 0 saturated carbocycles. The van der Waals surface area contributed by atoms with Gasteiger partial charge in [0.2, 0.25) is 11.8 Å². The van der Waals surface area contributed by atoms with Crippen molar-refractivity contribution in [2.75, 3.05) is 4.90 Å². The minimum atomic E-state index is -1.06. The summed E-state index contributed by atoms with van der Waals surface area (Å²) in [6, 6.07) is 23.9. The van der Waals surface area contributed by atoms with Crippen LogP contribution in [0.15, 0.2) is 103 Å². The van der Waals surface area contributed by atoms with E-state index < -0.39 is 17.3 Å². The van der Waals surface area contributed by atoms with E-state index in [1.54, 1.807) is 36.4 Å². The van der Waals surface area contributed by atoms with E-state index in [1.807, 2.05) is 61.5 Å². The monoisotopic (exact) mass is 465 g/mol. The Kier molecular flexibility index (Phi) is 5.77. The highest BCUT2D eigenvalue weighted by Crippen LogP contribution is 2.58. The second-order valence-corrected chi connectivity index (χ2v) is 9.22. The third-order valence-corrected chi connectivity index (χ3v) is 7.24. The molecule has 35 heavy (non-hydrogen) atoms. The highest BCUT2D eigenvalue weighted by Gasteiger charge is 2.62. The van der Waals surface area contributed by atoms with Crippen molar-refractivity contribution in [3.63, 3.8) is 0 Å². The summed E-state index contributed by atoms with van der Waals surface area (Å²) in [5, 5.41) is 11.1. The first-order valence-electron chi connectivity index (χ1n) is 11.7. The quantitative estimate of drug-likeness (QED) is 0.470. The third kappa shape index (κ3) is 3.73. The Labute approximate surface area is 205 Å². The van der Waals surface area contributed by atoms with Gasteiger partial charge in [-0.05, 0) is 42.7 Å². The molecule has 2 aliphatic rings. The average Bonchev–Trinajstić information content (AvgIpc) is 3.08.